The average Bonchev–Trinajstić information content (AvgIpc) is 2.86. The van der Waals surface area contributed by atoms with Crippen molar-refractivity contribution in [2.45, 2.75) is 53.0 Å². The second-order valence-electron chi connectivity index (χ2n) is 6.33. The Morgan fingerprint density at radius 1 is 1.35 bits per heavy atom. The summed E-state index contributed by atoms with van der Waals surface area (Å²) in [6.07, 6.45) is 3.62. The Kier molecular flexibility index (Phi) is 4.38. The molecule has 0 saturated carbocycles. The van der Waals surface area contributed by atoms with Crippen LogP contribution in [0.2, 0.25) is 0 Å². The number of benzene rings is 1. The molecule has 1 aromatic rings. The minimum atomic E-state index is -0.155. The minimum absolute atomic E-state index is 0.140. The lowest BCUT2D eigenvalue weighted by Crippen LogP contribution is -2.27. The van der Waals surface area contributed by atoms with Gasteiger partial charge >= 0.3 is 0 Å². The second kappa shape index (κ2) is 5.72. The first-order valence-corrected chi connectivity index (χ1v) is 7.73. The normalized spacial score (nSPS) is 19.4. The lowest BCUT2D eigenvalue weighted by Gasteiger charge is -2.29. The standard InChI is InChI=1S/C17H27FN2/c1-5-17(6-2)7-8-20(11-17)16-9-12(3)15(18)10-14(16)13(4)19/h9-10,13H,5-8,11,19H2,1-4H3. The molecule has 0 aliphatic carbocycles. The predicted molar refractivity (Wildman–Crippen MR) is 83.6 cm³/mol. The van der Waals surface area contributed by atoms with E-state index in [1.807, 2.05) is 19.9 Å². The molecule has 1 saturated heterocycles. The molecule has 0 aromatic heterocycles. The van der Waals surface area contributed by atoms with Crippen molar-refractivity contribution in [3.05, 3.63) is 29.1 Å². The van der Waals surface area contributed by atoms with E-state index in [4.69, 9.17) is 5.73 Å². The van der Waals surface area contributed by atoms with Gasteiger partial charge in [0.1, 0.15) is 5.82 Å². The fourth-order valence-corrected chi connectivity index (χ4v) is 3.29. The quantitative estimate of drug-likeness (QED) is 0.895. The maximum absolute atomic E-state index is 13.8. The van der Waals surface area contributed by atoms with Crippen molar-refractivity contribution < 1.29 is 4.39 Å². The van der Waals surface area contributed by atoms with Gasteiger partial charge in [-0.3, -0.25) is 0 Å². The highest BCUT2D eigenvalue weighted by atomic mass is 19.1. The Hall–Kier alpha value is -1.09. The van der Waals surface area contributed by atoms with Crippen molar-refractivity contribution in [3.8, 4) is 0 Å². The van der Waals surface area contributed by atoms with Crippen molar-refractivity contribution >= 4 is 5.69 Å². The molecular formula is C17H27FN2. The maximum Gasteiger partial charge on any atom is 0.126 e. The zero-order chi connectivity index (χ0) is 14.9. The monoisotopic (exact) mass is 278 g/mol. The Labute approximate surface area is 122 Å². The molecule has 1 aliphatic heterocycles. The number of anilines is 1. The number of rotatable bonds is 4. The third-order valence-electron chi connectivity index (χ3n) is 5.08. The summed E-state index contributed by atoms with van der Waals surface area (Å²) in [6, 6.07) is 3.45. The van der Waals surface area contributed by atoms with Crippen LogP contribution in [-0.4, -0.2) is 13.1 Å². The van der Waals surface area contributed by atoms with Gasteiger partial charge in [0.15, 0.2) is 0 Å². The molecule has 3 heteroatoms. The molecule has 2 N–H and O–H groups in total. The van der Waals surface area contributed by atoms with E-state index in [-0.39, 0.29) is 11.9 Å². The average molecular weight is 278 g/mol. The summed E-state index contributed by atoms with van der Waals surface area (Å²) in [7, 11) is 0. The SMILES string of the molecule is CCC1(CC)CCN(c2cc(C)c(F)cc2C(C)N)C1. The number of halogens is 1. The van der Waals surface area contributed by atoms with Gasteiger partial charge in [0.2, 0.25) is 0 Å². The van der Waals surface area contributed by atoms with Crippen LogP contribution < -0.4 is 10.6 Å². The summed E-state index contributed by atoms with van der Waals surface area (Å²) < 4.78 is 13.8. The van der Waals surface area contributed by atoms with Gasteiger partial charge in [0.25, 0.3) is 0 Å². The highest BCUT2D eigenvalue weighted by molar-refractivity contribution is 5.58. The van der Waals surface area contributed by atoms with Gasteiger partial charge in [-0.15, -0.1) is 0 Å². The first-order chi connectivity index (χ1) is 9.42. The molecule has 1 unspecified atom stereocenters. The first kappa shape index (κ1) is 15.3. The molecule has 112 valence electrons. The van der Waals surface area contributed by atoms with Crippen LogP contribution in [0.1, 0.15) is 57.2 Å². The van der Waals surface area contributed by atoms with Crippen LogP contribution in [0, 0.1) is 18.2 Å². The molecule has 1 fully saturated rings. The van der Waals surface area contributed by atoms with Gasteiger partial charge in [-0.2, -0.15) is 0 Å². The number of aryl methyl sites for hydroxylation is 1. The highest BCUT2D eigenvalue weighted by Gasteiger charge is 2.35. The number of nitrogens with two attached hydrogens (primary N) is 1. The highest BCUT2D eigenvalue weighted by Crippen LogP contribution is 2.41. The third-order valence-corrected chi connectivity index (χ3v) is 5.08. The summed E-state index contributed by atoms with van der Waals surface area (Å²) in [5.41, 5.74) is 9.21. The van der Waals surface area contributed by atoms with Gasteiger partial charge in [0.05, 0.1) is 0 Å². The van der Waals surface area contributed by atoms with E-state index in [9.17, 15) is 4.39 Å². The van der Waals surface area contributed by atoms with Crippen molar-refractivity contribution in [2.75, 3.05) is 18.0 Å². The Bertz CT molecular complexity index is 478. The van der Waals surface area contributed by atoms with Crippen LogP contribution in [0.4, 0.5) is 10.1 Å². The fraction of sp³-hybridized carbons (Fsp3) is 0.647. The predicted octanol–water partition coefficient (Wildman–Crippen LogP) is 4.17. The summed E-state index contributed by atoms with van der Waals surface area (Å²) >= 11 is 0. The number of hydrogen-bond donors (Lipinski definition) is 1. The molecule has 2 rings (SSSR count). The largest absolute Gasteiger partial charge is 0.371 e. The van der Waals surface area contributed by atoms with Gasteiger partial charge in [-0.25, -0.2) is 4.39 Å². The molecular weight excluding hydrogens is 251 g/mol. The first-order valence-electron chi connectivity index (χ1n) is 7.73. The second-order valence-corrected chi connectivity index (χ2v) is 6.33. The molecule has 0 bridgehead atoms. The molecule has 0 radical (unpaired) electrons. The Morgan fingerprint density at radius 2 is 2.00 bits per heavy atom. The summed E-state index contributed by atoms with van der Waals surface area (Å²) in [6.45, 7) is 10.4. The number of hydrogen-bond acceptors (Lipinski definition) is 2. The summed E-state index contributed by atoms with van der Waals surface area (Å²) in [4.78, 5) is 2.40. The van der Waals surface area contributed by atoms with E-state index >= 15 is 0 Å². The molecule has 20 heavy (non-hydrogen) atoms. The van der Waals surface area contributed by atoms with Crippen LogP contribution in [0.5, 0.6) is 0 Å². The molecule has 2 nitrogen and oxygen atoms in total. The third kappa shape index (κ3) is 2.69. The molecule has 0 amide bonds. The lowest BCUT2D eigenvalue weighted by atomic mass is 9.82. The van der Waals surface area contributed by atoms with E-state index in [0.717, 1.165) is 24.3 Å². The number of nitrogens with zero attached hydrogens (tertiary/aromatic N) is 1. The van der Waals surface area contributed by atoms with E-state index in [2.05, 4.69) is 18.7 Å². The molecule has 1 aromatic carbocycles. The van der Waals surface area contributed by atoms with E-state index in [0.29, 0.717) is 11.0 Å². The van der Waals surface area contributed by atoms with Crippen molar-refractivity contribution in [1.29, 1.82) is 0 Å². The van der Waals surface area contributed by atoms with Crippen molar-refractivity contribution in [3.63, 3.8) is 0 Å². The van der Waals surface area contributed by atoms with Crippen molar-refractivity contribution in [1.82, 2.24) is 0 Å². The van der Waals surface area contributed by atoms with Crippen LogP contribution in [0.15, 0.2) is 12.1 Å². The molecule has 1 heterocycles. The van der Waals surface area contributed by atoms with Crippen LogP contribution in [0.25, 0.3) is 0 Å². The fourth-order valence-electron chi connectivity index (χ4n) is 3.29. The van der Waals surface area contributed by atoms with Gasteiger partial charge in [-0.1, -0.05) is 13.8 Å². The Morgan fingerprint density at radius 3 is 2.50 bits per heavy atom. The summed E-state index contributed by atoms with van der Waals surface area (Å²) in [5.74, 6) is -0.155. The van der Waals surface area contributed by atoms with E-state index in [1.54, 1.807) is 6.07 Å². The topological polar surface area (TPSA) is 29.3 Å². The summed E-state index contributed by atoms with van der Waals surface area (Å²) in [5, 5.41) is 0. The molecule has 0 spiro atoms. The van der Waals surface area contributed by atoms with Crippen molar-refractivity contribution in [2.24, 2.45) is 11.1 Å². The van der Waals surface area contributed by atoms with Crippen LogP contribution in [-0.2, 0) is 0 Å². The van der Waals surface area contributed by atoms with Crippen LogP contribution >= 0.6 is 0 Å². The van der Waals surface area contributed by atoms with E-state index in [1.165, 1.54) is 19.3 Å². The van der Waals surface area contributed by atoms with Gasteiger partial charge in [-0.05, 0) is 61.8 Å². The zero-order valence-corrected chi connectivity index (χ0v) is 13.2. The zero-order valence-electron chi connectivity index (χ0n) is 13.2. The minimum Gasteiger partial charge on any atom is -0.371 e. The Balaban J connectivity index is 2.36. The molecule has 1 atom stereocenters. The maximum atomic E-state index is 13.8. The van der Waals surface area contributed by atoms with E-state index < -0.39 is 0 Å². The molecule has 1 aliphatic rings. The smallest absolute Gasteiger partial charge is 0.126 e. The lowest BCUT2D eigenvalue weighted by molar-refractivity contribution is 0.301. The van der Waals surface area contributed by atoms with Gasteiger partial charge < -0.3 is 10.6 Å². The van der Waals surface area contributed by atoms with Gasteiger partial charge in [0, 0.05) is 24.8 Å². The van der Waals surface area contributed by atoms with Crippen LogP contribution in [0.3, 0.4) is 0 Å².